The van der Waals surface area contributed by atoms with Crippen LogP contribution in [0.1, 0.15) is 40.4 Å². The molecule has 0 saturated heterocycles. The van der Waals surface area contributed by atoms with Crippen LogP contribution in [-0.4, -0.2) is 31.2 Å². The maximum atomic E-state index is 12.9. The molecule has 3 heterocycles. The number of imidazole rings is 1. The monoisotopic (exact) mass is 399 g/mol. The molecule has 0 atom stereocenters. The number of fused-ring (bicyclic) bond motifs is 4. The summed E-state index contributed by atoms with van der Waals surface area (Å²) in [7, 11) is 0. The fraction of sp³-hybridized carbons (Fsp3) is 0.217. The lowest BCUT2D eigenvalue weighted by Crippen LogP contribution is -2.30. The molecular weight excluding hydrogens is 378 g/mol. The molecule has 0 spiro atoms. The van der Waals surface area contributed by atoms with Crippen molar-refractivity contribution in [3.63, 3.8) is 0 Å². The second-order valence-corrected chi connectivity index (χ2v) is 7.99. The number of benzene rings is 2. The molecule has 2 aromatic heterocycles. The second kappa shape index (κ2) is 6.66. The maximum Gasteiger partial charge on any atom is 0.261 e. The highest BCUT2D eigenvalue weighted by Gasteiger charge is 2.36. The van der Waals surface area contributed by atoms with E-state index in [0.717, 1.165) is 16.4 Å². The summed E-state index contributed by atoms with van der Waals surface area (Å²) in [5.74, 6) is 0.703. The number of nitrogens with two attached hydrogens (primary N) is 1. The van der Waals surface area contributed by atoms with Crippen LogP contribution in [0.25, 0.3) is 21.9 Å². The van der Waals surface area contributed by atoms with Crippen LogP contribution in [-0.2, 0) is 13.1 Å². The van der Waals surface area contributed by atoms with Gasteiger partial charge in [-0.05, 0) is 24.1 Å². The van der Waals surface area contributed by atoms with Crippen molar-refractivity contribution in [3.05, 3.63) is 65.5 Å². The van der Waals surface area contributed by atoms with E-state index in [1.54, 1.807) is 24.3 Å². The highest BCUT2D eigenvalue weighted by molar-refractivity contribution is 6.21. The first-order chi connectivity index (χ1) is 14.5. The van der Waals surface area contributed by atoms with E-state index in [0.29, 0.717) is 40.7 Å². The van der Waals surface area contributed by atoms with Gasteiger partial charge in [-0.3, -0.25) is 14.5 Å². The molecule has 0 bridgehead atoms. The smallest absolute Gasteiger partial charge is 0.261 e. The molecule has 0 fully saturated rings. The number of anilines is 1. The summed E-state index contributed by atoms with van der Waals surface area (Å²) in [5, 5.41) is 0.948. The Bertz CT molecular complexity index is 1300. The Morgan fingerprint density at radius 2 is 1.57 bits per heavy atom. The summed E-state index contributed by atoms with van der Waals surface area (Å²) in [5.41, 5.74) is 9.37. The molecule has 150 valence electrons. The number of amides is 2. The number of hydrogen-bond acceptors (Lipinski definition) is 5. The third-order valence-corrected chi connectivity index (χ3v) is 5.41. The Labute approximate surface area is 173 Å². The first-order valence-electron chi connectivity index (χ1n) is 9.94. The van der Waals surface area contributed by atoms with Crippen molar-refractivity contribution in [2.75, 3.05) is 5.73 Å². The quantitative estimate of drug-likeness (QED) is 0.529. The molecule has 7 nitrogen and oxygen atoms in total. The minimum atomic E-state index is -0.297. The molecule has 5 rings (SSSR count). The molecule has 0 aliphatic carbocycles. The summed E-state index contributed by atoms with van der Waals surface area (Å²) < 4.78 is 2.07. The molecule has 2 N–H and O–H groups in total. The summed E-state index contributed by atoms with van der Waals surface area (Å²) in [6.07, 6.45) is 0. The van der Waals surface area contributed by atoms with Crippen molar-refractivity contribution >= 4 is 39.6 Å². The molecule has 30 heavy (non-hydrogen) atoms. The minimum Gasteiger partial charge on any atom is -0.382 e. The topological polar surface area (TPSA) is 94.1 Å². The first kappa shape index (κ1) is 18.3. The molecule has 0 saturated carbocycles. The van der Waals surface area contributed by atoms with Crippen molar-refractivity contribution in [1.29, 1.82) is 0 Å². The van der Waals surface area contributed by atoms with Crippen LogP contribution >= 0.6 is 0 Å². The molecular formula is C23H21N5O2. The van der Waals surface area contributed by atoms with Gasteiger partial charge in [0, 0.05) is 11.9 Å². The van der Waals surface area contributed by atoms with Gasteiger partial charge in [0.2, 0.25) is 0 Å². The molecule has 1 aliphatic heterocycles. The molecule has 0 unspecified atom stereocenters. The summed E-state index contributed by atoms with van der Waals surface area (Å²) in [4.78, 5) is 36.2. The van der Waals surface area contributed by atoms with E-state index in [2.05, 4.69) is 23.4 Å². The number of nitrogens with zero attached hydrogens (tertiary/aromatic N) is 4. The van der Waals surface area contributed by atoms with E-state index in [1.807, 2.05) is 24.3 Å². The Kier molecular flexibility index (Phi) is 4.06. The SMILES string of the molecule is CC(C)Cn1c(CN2C(=O)c3ccccc3C2=O)nc2c(N)nc3ccccc3c21. The van der Waals surface area contributed by atoms with Gasteiger partial charge in [0.05, 0.1) is 28.7 Å². The van der Waals surface area contributed by atoms with Crippen molar-refractivity contribution in [2.45, 2.75) is 26.9 Å². The number of nitrogen functional groups attached to an aromatic ring is 1. The van der Waals surface area contributed by atoms with Crippen molar-refractivity contribution in [3.8, 4) is 0 Å². The van der Waals surface area contributed by atoms with Crippen molar-refractivity contribution in [1.82, 2.24) is 19.4 Å². The molecule has 0 radical (unpaired) electrons. The van der Waals surface area contributed by atoms with Gasteiger partial charge in [0.25, 0.3) is 11.8 Å². The predicted octanol–water partition coefficient (Wildman–Crippen LogP) is 3.62. The fourth-order valence-corrected chi connectivity index (χ4v) is 4.11. The number of para-hydroxylation sites is 1. The van der Waals surface area contributed by atoms with E-state index in [9.17, 15) is 9.59 Å². The van der Waals surface area contributed by atoms with E-state index in [-0.39, 0.29) is 18.4 Å². The molecule has 7 heteroatoms. The number of carbonyl (C=O) groups excluding carboxylic acids is 2. The number of hydrogen-bond donors (Lipinski definition) is 1. The second-order valence-electron chi connectivity index (χ2n) is 7.99. The van der Waals surface area contributed by atoms with Gasteiger partial charge in [-0.1, -0.05) is 44.2 Å². The van der Waals surface area contributed by atoms with Crippen LogP contribution in [0.15, 0.2) is 48.5 Å². The van der Waals surface area contributed by atoms with E-state index < -0.39 is 0 Å². The minimum absolute atomic E-state index is 0.0848. The van der Waals surface area contributed by atoms with Gasteiger partial charge in [-0.2, -0.15) is 0 Å². The highest BCUT2D eigenvalue weighted by atomic mass is 16.2. The van der Waals surface area contributed by atoms with Crippen molar-refractivity contribution in [2.24, 2.45) is 5.92 Å². The molecule has 2 aromatic carbocycles. The zero-order chi connectivity index (χ0) is 21.0. The van der Waals surface area contributed by atoms with Crippen LogP contribution in [0.3, 0.4) is 0 Å². The predicted molar refractivity (Wildman–Crippen MR) is 115 cm³/mol. The zero-order valence-corrected chi connectivity index (χ0v) is 16.8. The highest BCUT2D eigenvalue weighted by Crippen LogP contribution is 2.31. The standard InChI is InChI=1S/C23H21N5O2/c1-13(2)11-27-18(12-28-22(29)14-7-3-4-8-15(14)23(28)30)26-19-20(27)16-9-5-6-10-17(16)25-21(19)24/h3-10,13H,11-12H2,1-2H3,(H2,24,25). The van der Waals surface area contributed by atoms with Crippen LogP contribution < -0.4 is 5.73 Å². The largest absolute Gasteiger partial charge is 0.382 e. The lowest BCUT2D eigenvalue weighted by molar-refractivity contribution is 0.0636. The van der Waals surface area contributed by atoms with Crippen LogP contribution in [0.4, 0.5) is 5.82 Å². The lowest BCUT2D eigenvalue weighted by Gasteiger charge is -2.17. The number of rotatable bonds is 4. The van der Waals surface area contributed by atoms with Crippen LogP contribution in [0, 0.1) is 5.92 Å². The van der Waals surface area contributed by atoms with Gasteiger partial charge >= 0.3 is 0 Å². The fourth-order valence-electron chi connectivity index (χ4n) is 4.11. The van der Waals surface area contributed by atoms with E-state index >= 15 is 0 Å². The van der Waals surface area contributed by atoms with Crippen LogP contribution in [0.2, 0.25) is 0 Å². The van der Waals surface area contributed by atoms with Gasteiger partial charge in [-0.15, -0.1) is 0 Å². The number of pyridine rings is 1. The zero-order valence-electron chi connectivity index (χ0n) is 16.8. The van der Waals surface area contributed by atoms with E-state index in [4.69, 9.17) is 10.7 Å². The average molecular weight is 399 g/mol. The third kappa shape index (κ3) is 2.66. The van der Waals surface area contributed by atoms with Gasteiger partial charge in [-0.25, -0.2) is 9.97 Å². The Balaban J connectivity index is 1.68. The van der Waals surface area contributed by atoms with Gasteiger partial charge in [0.15, 0.2) is 5.82 Å². The lowest BCUT2D eigenvalue weighted by atomic mass is 10.1. The summed E-state index contributed by atoms with van der Waals surface area (Å²) in [6.45, 7) is 5.00. The number of imide groups is 1. The van der Waals surface area contributed by atoms with Crippen molar-refractivity contribution < 1.29 is 9.59 Å². The molecule has 4 aromatic rings. The number of carbonyl (C=O) groups is 2. The van der Waals surface area contributed by atoms with Gasteiger partial charge in [0.1, 0.15) is 11.3 Å². The van der Waals surface area contributed by atoms with E-state index in [1.165, 1.54) is 4.90 Å². The Morgan fingerprint density at radius 3 is 2.23 bits per heavy atom. The average Bonchev–Trinajstić information content (AvgIpc) is 3.20. The van der Waals surface area contributed by atoms with Gasteiger partial charge < -0.3 is 10.3 Å². The Morgan fingerprint density at radius 1 is 0.933 bits per heavy atom. The normalized spacial score (nSPS) is 13.8. The summed E-state index contributed by atoms with van der Waals surface area (Å²) in [6, 6.07) is 14.7. The Hall–Kier alpha value is -3.74. The maximum absolute atomic E-state index is 12.9. The molecule has 1 aliphatic rings. The number of aromatic nitrogens is 3. The third-order valence-electron chi connectivity index (χ3n) is 5.41. The summed E-state index contributed by atoms with van der Waals surface area (Å²) >= 11 is 0. The first-order valence-corrected chi connectivity index (χ1v) is 9.94. The van der Waals surface area contributed by atoms with Crippen LogP contribution in [0.5, 0.6) is 0 Å². The molecule has 2 amide bonds.